The molecular weight excluding hydrogens is 350 g/mol. The van der Waals surface area contributed by atoms with E-state index < -0.39 is 0 Å². The van der Waals surface area contributed by atoms with Gasteiger partial charge in [-0.05, 0) is 31.5 Å². The summed E-state index contributed by atoms with van der Waals surface area (Å²) in [7, 11) is 2.13. The van der Waals surface area contributed by atoms with Crippen molar-refractivity contribution >= 4 is 6.08 Å². The highest BCUT2D eigenvalue weighted by molar-refractivity contribution is 5.48. The van der Waals surface area contributed by atoms with E-state index in [2.05, 4.69) is 74.1 Å². The van der Waals surface area contributed by atoms with E-state index in [-0.39, 0.29) is 0 Å². The summed E-state index contributed by atoms with van der Waals surface area (Å²) in [6, 6.07) is 10.5. The molecule has 3 heterocycles. The third-order valence-electron chi connectivity index (χ3n) is 5.89. The third kappa shape index (κ3) is 4.87. The van der Waals surface area contributed by atoms with Gasteiger partial charge in [0.05, 0.1) is 19.8 Å². The highest BCUT2D eigenvalue weighted by atomic mass is 16.5. The molecule has 0 spiro atoms. The fraction of sp³-hybridized carbons (Fsp3) is 0.545. The molecule has 2 aliphatic heterocycles. The minimum atomic E-state index is 0.519. The van der Waals surface area contributed by atoms with Crippen LogP contribution < -0.4 is 0 Å². The van der Waals surface area contributed by atoms with Crippen LogP contribution in [0.25, 0.3) is 6.08 Å². The molecule has 6 heteroatoms. The molecule has 0 saturated carbocycles. The Labute approximate surface area is 167 Å². The van der Waals surface area contributed by atoms with Gasteiger partial charge in [0.15, 0.2) is 0 Å². The standard InChI is InChI=1S/C22H31N5O/c1-25-21(18-27-14-16-28-17-15-27)23-24-22(25)20-9-12-26(13-10-20)11-5-8-19-6-3-2-4-7-19/h2-8,20H,9-18H2,1H3. The minimum absolute atomic E-state index is 0.519. The van der Waals surface area contributed by atoms with E-state index in [9.17, 15) is 0 Å². The maximum absolute atomic E-state index is 5.44. The van der Waals surface area contributed by atoms with Crippen molar-refractivity contribution in [3.05, 3.63) is 53.6 Å². The molecule has 28 heavy (non-hydrogen) atoms. The van der Waals surface area contributed by atoms with Crippen LogP contribution in [0.5, 0.6) is 0 Å². The quantitative estimate of drug-likeness (QED) is 0.770. The highest BCUT2D eigenvalue weighted by Crippen LogP contribution is 2.27. The average molecular weight is 382 g/mol. The minimum Gasteiger partial charge on any atom is -0.379 e. The number of benzene rings is 1. The van der Waals surface area contributed by atoms with Crippen molar-refractivity contribution in [2.75, 3.05) is 45.9 Å². The molecule has 6 nitrogen and oxygen atoms in total. The molecule has 0 aliphatic carbocycles. The van der Waals surface area contributed by atoms with Crippen LogP contribution in [0.2, 0.25) is 0 Å². The number of hydrogen-bond donors (Lipinski definition) is 0. The second-order valence-electron chi connectivity index (χ2n) is 7.81. The van der Waals surface area contributed by atoms with Gasteiger partial charge in [0, 0.05) is 32.6 Å². The Balaban J connectivity index is 1.27. The van der Waals surface area contributed by atoms with Crippen molar-refractivity contribution in [3.8, 4) is 0 Å². The molecule has 2 saturated heterocycles. The Morgan fingerprint density at radius 3 is 2.50 bits per heavy atom. The Morgan fingerprint density at radius 1 is 1.00 bits per heavy atom. The van der Waals surface area contributed by atoms with Crippen molar-refractivity contribution in [2.45, 2.75) is 25.3 Å². The number of hydrogen-bond acceptors (Lipinski definition) is 5. The number of ether oxygens (including phenoxy) is 1. The monoisotopic (exact) mass is 381 g/mol. The van der Waals surface area contributed by atoms with Crippen molar-refractivity contribution in [2.24, 2.45) is 7.05 Å². The zero-order valence-corrected chi connectivity index (χ0v) is 16.8. The van der Waals surface area contributed by atoms with E-state index in [1.807, 2.05) is 0 Å². The first-order valence-corrected chi connectivity index (χ1v) is 10.4. The Kier molecular flexibility index (Phi) is 6.52. The SMILES string of the molecule is Cn1c(CN2CCOCC2)nnc1C1CCN(CC=Cc2ccccc2)CC1. The lowest BCUT2D eigenvalue weighted by molar-refractivity contribution is 0.0326. The molecule has 0 bridgehead atoms. The van der Waals surface area contributed by atoms with Gasteiger partial charge < -0.3 is 9.30 Å². The molecule has 150 valence electrons. The molecule has 4 rings (SSSR count). The lowest BCUT2D eigenvalue weighted by atomic mass is 9.96. The second-order valence-corrected chi connectivity index (χ2v) is 7.81. The number of aromatic nitrogens is 3. The van der Waals surface area contributed by atoms with Crippen LogP contribution in [0, 0.1) is 0 Å². The van der Waals surface area contributed by atoms with E-state index in [1.54, 1.807) is 0 Å². The summed E-state index contributed by atoms with van der Waals surface area (Å²) in [5.74, 6) is 2.75. The summed E-state index contributed by atoms with van der Waals surface area (Å²) in [6.07, 6.45) is 6.80. The Morgan fingerprint density at radius 2 is 1.75 bits per heavy atom. The maximum Gasteiger partial charge on any atom is 0.146 e. The molecule has 2 fully saturated rings. The molecule has 0 N–H and O–H groups in total. The summed E-state index contributed by atoms with van der Waals surface area (Å²) in [5.41, 5.74) is 1.27. The summed E-state index contributed by atoms with van der Waals surface area (Å²) in [6.45, 7) is 7.74. The highest BCUT2D eigenvalue weighted by Gasteiger charge is 2.25. The summed E-state index contributed by atoms with van der Waals surface area (Å²) in [4.78, 5) is 4.93. The van der Waals surface area contributed by atoms with Crippen molar-refractivity contribution < 1.29 is 4.74 Å². The van der Waals surface area contributed by atoms with Crippen LogP contribution in [-0.2, 0) is 18.3 Å². The zero-order chi connectivity index (χ0) is 19.2. The van der Waals surface area contributed by atoms with E-state index >= 15 is 0 Å². The number of piperidine rings is 1. The van der Waals surface area contributed by atoms with Crippen LogP contribution in [0.3, 0.4) is 0 Å². The van der Waals surface area contributed by atoms with E-state index in [0.717, 1.165) is 77.0 Å². The molecule has 0 radical (unpaired) electrons. The number of rotatable bonds is 6. The van der Waals surface area contributed by atoms with Gasteiger partial charge in [-0.25, -0.2) is 0 Å². The van der Waals surface area contributed by atoms with Gasteiger partial charge in [-0.2, -0.15) is 0 Å². The molecule has 2 aromatic rings. The van der Waals surface area contributed by atoms with Gasteiger partial charge in [0.25, 0.3) is 0 Å². The molecule has 0 unspecified atom stereocenters. The maximum atomic E-state index is 5.44. The van der Waals surface area contributed by atoms with Crippen molar-refractivity contribution in [1.82, 2.24) is 24.6 Å². The first kappa shape index (κ1) is 19.3. The van der Waals surface area contributed by atoms with Gasteiger partial charge in [-0.3, -0.25) is 9.80 Å². The van der Waals surface area contributed by atoms with Crippen molar-refractivity contribution in [1.29, 1.82) is 0 Å². The van der Waals surface area contributed by atoms with Crippen LogP contribution in [-0.4, -0.2) is 70.5 Å². The van der Waals surface area contributed by atoms with Gasteiger partial charge >= 0.3 is 0 Å². The molecule has 1 aromatic carbocycles. The number of morpholine rings is 1. The fourth-order valence-corrected chi connectivity index (χ4v) is 4.10. The number of nitrogens with zero attached hydrogens (tertiary/aromatic N) is 5. The second kappa shape index (κ2) is 9.45. The van der Waals surface area contributed by atoms with Crippen LogP contribution >= 0.6 is 0 Å². The van der Waals surface area contributed by atoms with E-state index in [4.69, 9.17) is 4.74 Å². The number of likely N-dealkylation sites (tertiary alicyclic amines) is 1. The first-order valence-electron chi connectivity index (χ1n) is 10.4. The molecular formula is C22H31N5O. The van der Waals surface area contributed by atoms with Crippen molar-refractivity contribution in [3.63, 3.8) is 0 Å². The first-order chi connectivity index (χ1) is 13.8. The molecule has 1 aromatic heterocycles. The van der Waals surface area contributed by atoms with Gasteiger partial charge in [0.1, 0.15) is 11.6 Å². The lowest BCUT2D eigenvalue weighted by Gasteiger charge is -2.30. The van der Waals surface area contributed by atoms with Crippen LogP contribution in [0.1, 0.15) is 36.0 Å². The van der Waals surface area contributed by atoms with E-state index in [0.29, 0.717) is 5.92 Å². The van der Waals surface area contributed by atoms with Gasteiger partial charge in [0.2, 0.25) is 0 Å². The predicted octanol–water partition coefficient (Wildman–Crippen LogP) is 2.54. The van der Waals surface area contributed by atoms with E-state index in [1.165, 1.54) is 5.56 Å². The Hall–Kier alpha value is -2.02. The predicted molar refractivity (Wildman–Crippen MR) is 111 cm³/mol. The van der Waals surface area contributed by atoms with Crippen LogP contribution in [0.15, 0.2) is 36.4 Å². The summed E-state index contributed by atoms with van der Waals surface area (Å²) < 4.78 is 7.66. The normalized spacial score (nSPS) is 20.2. The molecule has 0 atom stereocenters. The largest absolute Gasteiger partial charge is 0.379 e. The molecule has 2 aliphatic rings. The van der Waals surface area contributed by atoms with Gasteiger partial charge in [-0.1, -0.05) is 42.5 Å². The third-order valence-corrected chi connectivity index (χ3v) is 5.89. The van der Waals surface area contributed by atoms with Crippen LogP contribution in [0.4, 0.5) is 0 Å². The zero-order valence-electron chi connectivity index (χ0n) is 16.8. The van der Waals surface area contributed by atoms with Gasteiger partial charge in [-0.15, -0.1) is 10.2 Å². The average Bonchev–Trinajstić information content (AvgIpc) is 3.10. The summed E-state index contributed by atoms with van der Waals surface area (Å²) in [5, 5.41) is 9.05. The summed E-state index contributed by atoms with van der Waals surface area (Å²) >= 11 is 0. The lowest BCUT2D eigenvalue weighted by Crippen LogP contribution is -2.36. The molecule has 0 amide bonds. The fourth-order valence-electron chi connectivity index (χ4n) is 4.10. The Bertz CT molecular complexity index is 758. The topological polar surface area (TPSA) is 46.4 Å². The smallest absolute Gasteiger partial charge is 0.146 e.